The van der Waals surface area contributed by atoms with Crippen molar-refractivity contribution in [1.82, 2.24) is 0 Å². The molecular weight excluding hydrogens is 639 g/mol. The monoisotopic (exact) mass is 669 g/mol. The molecule has 0 radical (unpaired) electrons. The summed E-state index contributed by atoms with van der Waals surface area (Å²) in [4.78, 5) is 2.34. The standard InChI is InChI=1S/C48H31NOS/c1-3-13-32(14-4-1)33-25-27-35(28-26-33)49(44-22-12-19-40-38-17-7-9-23-45(38)50-47(40)44)36-29-30-37(43(31-36)34-15-5-2-6-16-34)41-20-11-21-42-39-18-8-10-24-46(39)51-48(41)42/h1-31H. The summed E-state index contributed by atoms with van der Waals surface area (Å²) in [5.41, 5.74) is 12.0. The van der Waals surface area contributed by atoms with Crippen molar-refractivity contribution < 1.29 is 4.42 Å². The van der Waals surface area contributed by atoms with Gasteiger partial charge in [-0.15, -0.1) is 11.3 Å². The molecule has 0 amide bonds. The molecule has 0 atom stereocenters. The number of fused-ring (bicyclic) bond motifs is 6. The Bertz CT molecular complexity index is 2850. The van der Waals surface area contributed by atoms with Gasteiger partial charge in [0.25, 0.3) is 0 Å². The molecule has 240 valence electrons. The molecule has 51 heavy (non-hydrogen) atoms. The van der Waals surface area contributed by atoms with Crippen molar-refractivity contribution in [1.29, 1.82) is 0 Å². The summed E-state index contributed by atoms with van der Waals surface area (Å²) in [6.07, 6.45) is 0. The maximum absolute atomic E-state index is 6.65. The second-order valence-corrected chi connectivity index (χ2v) is 13.9. The summed E-state index contributed by atoms with van der Waals surface area (Å²) in [6.45, 7) is 0. The first kappa shape index (κ1) is 29.5. The van der Waals surface area contributed by atoms with Crippen molar-refractivity contribution in [3.8, 4) is 33.4 Å². The number of anilines is 3. The van der Waals surface area contributed by atoms with E-state index in [1.165, 1.54) is 53.6 Å². The first-order valence-electron chi connectivity index (χ1n) is 17.3. The van der Waals surface area contributed by atoms with E-state index >= 15 is 0 Å². The van der Waals surface area contributed by atoms with E-state index in [1.54, 1.807) is 0 Å². The van der Waals surface area contributed by atoms with Crippen LogP contribution in [0.4, 0.5) is 17.1 Å². The molecule has 2 nitrogen and oxygen atoms in total. The molecule has 0 N–H and O–H groups in total. The van der Waals surface area contributed by atoms with Gasteiger partial charge in [0.15, 0.2) is 5.58 Å². The average molecular weight is 670 g/mol. The summed E-state index contributed by atoms with van der Waals surface area (Å²) in [5.74, 6) is 0. The molecule has 2 heterocycles. The van der Waals surface area contributed by atoms with Gasteiger partial charge < -0.3 is 9.32 Å². The van der Waals surface area contributed by atoms with Gasteiger partial charge in [-0.1, -0.05) is 146 Å². The van der Waals surface area contributed by atoms with E-state index in [4.69, 9.17) is 4.42 Å². The molecule has 0 aliphatic rings. The van der Waals surface area contributed by atoms with E-state index < -0.39 is 0 Å². The molecule has 10 aromatic rings. The van der Waals surface area contributed by atoms with Crippen molar-refractivity contribution in [3.05, 3.63) is 188 Å². The second kappa shape index (κ2) is 12.2. The van der Waals surface area contributed by atoms with Crippen LogP contribution >= 0.6 is 11.3 Å². The number of thiophene rings is 1. The number of hydrogen-bond donors (Lipinski definition) is 0. The number of hydrogen-bond acceptors (Lipinski definition) is 3. The van der Waals surface area contributed by atoms with Gasteiger partial charge in [0.2, 0.25) is 0 Å². The van der Waals surface area contributed by atoms with E-state index in [-0.39, 0.29) is 0 Å². The number of para-hydroxylation sites is 2. The number of rotatable bonds is 6. The molecular formula is C48H31NOS. The Morgan fingerprint density at radius 3 is 1.84 bits per heavy atom. The van der Waals surface area contributed by atoms with Crippen LogP contribution < -0.4 is 4.90 Å². The van der Waals surface area contributed by atoms with Crippen LogP contribution in [0.3, 0.4) is 0 Å². The topological polar surface area (TPSA) is 16.4 Å². The molecule has 8 aromatic carbocycles. The van der Waals surface area contributed by atoms with Gasteiger partial charge in [0, 0.05) is 47.9 Å². The minimum atomic E-state index is 0.867. The van der Waals surface area contributed by atoms with Crippen molar-refractivity contribution >= 4 is 70.5 Å². The summed E-state index contributed by atoms with van der Waals surface area (Å²) in [7, 11) is 0. The Morgan fingerprint density at radius 1 is 0.392 bits per heavy atom. The predicted octanol–water partition coefficient (Wildman–Crippen LogP) is 14.4. The van der Waals surface area contributed by atoms with Gasteiger partial charge in [-0.3, -0.25) is 0 Å². The lowest BCUT2D eigenvalue weighted by Crippen LogP contribution is -2.10. The molecule has 0 saturated heterocycles. The Balaban J connectivity index is 1.21. The van der Waals surface area contributed by atoms with Gasteiger partial charge in [-0.25, -0.2) is 0 Å². The molecule has 0 fully saturated rings. The average Bonchev–Trinajstić information content (AvgIpc) is 3.78. The third-order valence-corrected chi connectivity index (χ3v) is 11.1. The maximum atomic E-state index is 6.65. The van der Waals surface area contributed by atoms with Crippen LogP contribution in [0.15, 0.2) is 192 Å². The zero-order valence-corrected chi connectivity index (χ0v) is 28.5. The Morgan fingerprint density at radius 2 is 1.02 bits per heavy atom. The van der Waals surface area contributed by atoms with E-state index in [0.717, 1.165) is 39.0 Å². The first-order chi connectivity index (χ1) is 25.3. The summed E-state index contributed by atoms with van der Waals surface area (Å²) >= 11 is 1.87. The van der Waals surface area contributed by atoms with Crippen LogP contribution in [0.1, 0.15) is 0 Å². The number of nitrogens with zero attached hydrogens (tertiary/aromatic N) is 1. The fourth-order valence-electron chi connectivity index (χ4n) is 7.49. The van der Waals surface area contributed by atoms with Gasteiger partial charge >= 0.3 is 0 Å². The van der Waals surface area contributed by atoms with Gasteiger partial charge in [-0.2, -0.15) is 0 Å². The van der Waals surface area contributed by atoms with E-state index in [0.29, 0.717) is 0 Å². The zero-order valence-electron chi connectivity index (χ0n) is 27.7. The Hall–Kier alpha value is -6.42. The van der Waals surface area contributed by atoms with Crippen LogP contribution in [0.5, 0.6) is 0 Å². The number of benzene rings is 8. The van der Waals surface area contributed by atoms with Crippen molar-refractivity contribution in [3.63, 3.8) is 0 Å². The number of furan rings is 1. The fourth-order valence-corrected chi connectivity index (χ4v) is 8.72. The molecule has 10 rings (SSSR count). The largest absolute Gasteiger partial charge is 0.454 e. The van der Waals surface area contributed by atoms with E-state index in [1.807, 2.05) is 17.4 Å². The van der Waals surface area contributed by atoms with Crippen LogP contribution in [0.2, 0.25) is 0 Å². The van der Waals surface area contributed by atoms with Gasteiger partial charge in [0.05, 0.1) is 5.69 Å². The van der Waals surface area contributed by atoms with Crippen molar-refractivity contribution in [2.45, 2.75) is 0 Å². The quantitative estimate of drug-likeness (QED) is 0.175. The molecule has 0 aliphatic heterocycles. The second-order valence-electron chi connectivity index (χ2n) is 12.9. The molecule has 3 heteroatoms. The SMILES string of the molecule is c1ccc(-c2ccc(N(c3ccc(-c4cccc5c4sc4ccccc45)c(-c4ccccc4)c3)c3cccc4c3oc3ccccc34)cc2)cc1. The van der Waals surface area contributed by atoms with Crippen molar-refractivity contribution in [2.24, 2.45) is 0 Å². The summed E-state index contributed by atoms with van der Waals surface area (Å²) in [5, 5.41) is 4.82. The highest BCUT2D eigenvalue weighted by atomic mass is 32.1. The van der Waals surface area contributed by atoms with Crippen LogP contribution in [-0.2, 0) is 0 Å². The lowest BCUT2D eigenvalue weighted by Gasteiger charge is -2.27. The normalized spacial score (nSPS) is 11.5. The Labute approximate surface area is 300 Å². The molecule has 0 saturated carbocycles. The lowest BCUT2D eigenvalue weighted by molar-refractivity contribution is 0.669. The highest BCUT2D eigenvalue weighted by Crippen LogP contribution is 2.47. The molecule has 0 spiro atoms. The van der Waals surface area contributed by atoms with Crippen LogP contribution in [0.25, 0.3) is 75.5 Å². The molecule has 0 bridgehead atoms. The highest BCUT2D eigenvalue weighted by molar-refractivity contribution is 7.26. The Kier molecular flexibility index (Phi) is 7.04. The summed E-state index contributed by atoms with van der Waals surface area (Å²) < 4.78 is 9.26. The molecule has 2 aromatic heterocycles. The zero-order chi connectivity index (χ0) is 33.7. The van der Waals surface area contributed by atoms with E-state index in [2.05, 4.69) is 187 Å². The highest BCUT2D eigenvalue weighted by Gasteiger charge is 2.22. The third-order valence-electron chi connectivity index (χ3n) is 9.90. The van der Waals surface area contributed by atoms with Crippen LogP contribution in [-0.4, -0.2) is 0 Å². The molecule has 0 unspecified atom stereocenters. The maximum Gasteiger partial charge on any atom is 0.159 e. The third kappa shape index (κ3) is 5.01. The van der Waals surface area contributed by atoms with Crippen LogP contribution in [0, 0.1) is 0 Å². The minimum absolute atomic E-state index is 0.867. The predicted molar refractivity (Wildman–Crippen MR) is 218 cm³/mol. The van der Waals surface area contributed by atoms with Crippen molar-refractivity contribution in [2.75, 3.05) is 4.90 Å². The summed E-state index contributed by atoms with van der Waals surface area (Å²) in [6, 6.07) is 67.3. The molecule has 0 aliphatic carbocycles. The first-order valence-corrected chi connectivity index (χ1v) is 18.1. The lowest BCUT2D eigenvalue weighted by atomic mass is 9.92. The van der Waals surface area contributed by atoms with Gasteiger partial charge in [-0.05, 0) is 70.3 Å². The minimum Gasteiger partial charge on any atom is -0.454 e. The smallest absolute Gasteiger partial charge is 0.159 e. The van der Waals surface area contributed by atoms with E-state index in [9.17, 15) is 0 Å². The fraction of sp³-hybridized carbons (Fsp3) is 0. The van der Waals surface area contributed by atoms with Gasteiger partial charge in [0.1, 0.15) is 5.58 Å².